The Labute approximate surface area is 358 Å². The number of fused-ring (bicyclic) bond motifs is 20. The molecule has 62 heavy (non-hydrogen) atoms. The summed E-state index contributed by atoms with van der Waals surface area (Å²) in [4.78, 5) is 48.4. The molecule has 0 radical (unpaired) electrons. The first-order chi connectivity index (χ1) is 29.4. The van der Waals surface area contributed by atoms with E-state index in [-0.39, 0.29) is 22.2 Å². The molecule has 8 bridgehead atoms. The minimum absolute atomic E-state index is 0.0768. The fourth-order valence-electron chi connectivity index (χ4n) is 8.42. The number of H-pyrrole nitrogens is 4. The van der Waals surface area contributed by atoms with E-state index in [0.29, 0.717) is 50.8 Å². The lowest BCUT2D eigenvalue weighted by molar-refractivity contribution is 0.0600. The fourth-order valence-corrected chi connectivity index (χ4v) is 8.42. The van der Waals surface area contributed by atoms with E-state index in [2.05, 4.69) is 155 Å². The molecule has 9 aromatic rings. The Morgan fingerprint density at radius 3 is 1.19 bits per heavy atom. The van der Waals surface area contributed by atoms with Crippen LogP contribution in [0.4, 0.5) is 23.3 Å². The van der Waals surface area contributed by atoms with Crippen molar-refractivity contribution in [3.05, 3.63) is 141 Å². The molecule has 310 valence electrons. The summed E-state index contributed by atoms with van der Waals surface area (Å²) in [5.74, 6) is 2.34. The lowest BCUT2D eigenvalue weighted by atomic mass is 9.86. The number of aromatic nitrogens is 4. The summed E-state index contributed by atoms with van der Waals surface area (Å²) >= 11 is 0. The van der Waals surface area contributed by atoms with E-state index in [1.165, 1.54) is 23.8 Å². The third-order valence-electron chi connectivity index (χ3n) is 12.2. The summed E-state index contributed by atoms with van der Waals surface area (Å²) in [5, 5.41) is 7.59. The number of aromatic amines is 4. The first kappa shape index (κ1) is 39.1. The monoisotopic (exact) mass is 818 g/mol. The van der Waals surface area contributed by atoms with Crippen molar-refractivity contribution in [1.82, 2.24) is 19.9 Å². The van der Waals surface area contributed by atoms with Crippen LogP contribution in [0.5, 0.6) is 0 Å². The number of nitrogens with zero attached hydrogens (tertiary/aromatic N) is 4. The van der Waals surface area contributed by atoms with Crippen LogP contribution < -0.4 is 22.0 Å². The number of carbonyl (C=O) groups excluding carboxylic acids is 1. The van der Waals surface area contributed by atoms with Gasteiger partial charge < -0.3 is 24.7 Å². The first-order valence-electron chi connectivity index (χ1n) is 21.1. The van der Waals surface area contributed by atoms with Crippen LogP contribution in [-0.2, 0) is 21.0 Å². The highest BCUT2D eigenvalue weighted by Gasteiger charge is 2.22. The Morgan fingerprint density at radius 2 is 0.758 bits per heavy atom. The molecule has 4 N–H and O–H groups in total. The molecule has 0 amide bonds. The Morgan fingerprint density at radius 1 is 0.403 bits per heavy atom. The van der Waals surface area contributed by atoms with Crippen molar-refractivity contribution < 1.29 is 9.53 Å². The third-order valence-corrected chi connectivity index (χ3v) is 12.2. The highest BCUT2D eigenvalue weighted by molar-refractivity contribution is 6.03. The number of esters is 1. The number of hydrogen-bond acceptors (Lipinski definition) is 6. The normalized spacial score (nSPS) is 13.3. The summed E-state index contributed by atoms with van der Waals surface area (Å²) in [6, 6.07) is 33.4. The SMILES string of the molecule is COC(=O)c1ccc(-c2ccc3c4[nH]c(c3c2)N=c2[nH]c(c3cc(C(C)(C)C)ccc23)=Nc2[nH]c(c3cc(C(C)(C)C)ccc23)N=c2[nH]c(c3cc(C(C)(C)C)ccc23)=N4)cc1. The molecular formula is C52H50N8O2. The zero-order valence-corrected chi connectivity index (χ0v) is 36.8. The van der Waals surface area contributed by atoms with E-state index >= 15 is 0 Å². The molecule has 1 aliphatic heterocycles. The fraction of sp³-hybridized carbons (Fsp3) is 0.250. The van der Waals surface area contributed by atoms with Gasteiger partial charge in [0.25, 0.3) is 0 Å². The smallest absolute Gasteiger partial charge is 0.337 e. The van der Waals surface area contributed by atoms with Crippen LogP contribution in [0.3, 0.4) is 0 Å². The minimum Gasteiger partial charge on any atom is -0.465 e. The summed E-state index contributed by atoms with van der Waals surface area (Å²) in [6.07, 6.45) is 0. The van der Waals surface area contributed by atoms with Crippen molar-refractivity contribution >= 4 is 72.3 Å². The van der Waals surface area contributed by atoms with Crippen LogP contribution in [0.1, 0.15) is 89.4 Å². The van der Waals surface area contributed by atoms with Crippen molar-refractivity contribution in [3.63, 3.8) is 0 Å². The second kappa shape index (κ2) is 13.7. The molecule has 0 saturated heterocycles. The molecule has 0 fully saturated rings. The predicted molar refractivity (Wildman–Crippen MR) is 249 cm³/mol. The molecule has 5 heterocycles. The van der Waals surface area contributed by atoms with Crippen LogP contribution in [0.15, 0.2) is 117 Å². The number of ether oxygens (including phenoxy) is 1. The molecule has 4 aromatic heterocycles. The van der Waals surface area contributed by atoms with Crippen molar-refractivity contribution in [2.45, 2.75) is 78.6 Å². The van der Waals surface area contributed by atoms with E-state index in [0.717, 1.165) is 54.2 Å². The van der Waals surface area contributed by atoms with Gasteiger partial charge in [0, 0.05) is 43.1 Å². The topological polar surface area (TPSA) is 139 Å². The number of hydrogen-bond donors (Lipinski definition) is 4. The van der Waals surface area contributed by atoms with Gasteiger partial charge in [0.1, 0.15) is 45.2 Å². The van der Waals surface area contributed by atoms with Crippen LogP contribution in [-0.4, -0.2) is 33.0 Å². The second-order valence-electron chi connectivity index (χ2n) is 19.6. The van der Waals surface area contributed by atoms with Gasteiger partial charge in [-0.25, -0.2) is 24.8 Å². The highest BCUT2D eigenvalue weighted by Crippen LogP contribution is 2.39. The molecule has 0 aliphatic carbocycles. The minimum atomic E-state index is -0.374. The second-order valence-corrected chi connectivity index (χ2v) is 19.6. The maximum absolute atomic E-state index is 12.2. The van der Waals surface area contributed by atoms with E-state index in [1.54, 1.807) is 12.1 Å². The molecule has 0 atom stereocenters. The Kier molecular flexibility index (Phi) is 8.65. The molecule has 1 aliphatic rings. The summed E-state index contributed by atoms with van der Waals surface area (Å²) in [7, 11) is 1.39. The average molecular weight is 819 g/mol. The van der Waals surface area contributed by atoms with E-state index < -0.39 is 0 Å². The van der Waals surface area contributed by atoms with Gasteiger partial charge in [-0.15, -0.1) is 0 Å². The van der Waals surface area contributed by atoms with Crippen LogP contribution in [0, 0.1) is 0 Å². The molecule has 5 aromatic carbocycles. The molecule has 0 saturated carbocycles. The lowest BCUT2D eigenvalue weighted by Gasteiger charge is -2.19. The lowest BCUT2D eigenvalue weighted by Crippen LogP contribution is -2.11. The first-order valence-corrected chi connectivity index (χ1v) is 21.1. The maximum Gasteiger partial charge on any atom is 0.337 e. The third kappa shape index (κ3) is 6.61. The number of carbonyl (C=O) groups is 1. The van der Waals surface area contributed by atoms with Gasteiger partial charge in [-0.3, -0.25) is 0 Å². The van der Waals surface area contributed by atoms with Crippen molar-refractivity contribution in [2.75, 3.05) is 7.11 Å². The highest BCUT2D eigenvalue weighted by atomic mass is 16.5. The van der Waals surface area contributed by atoms with Gasteiger partial charge >= 0.3 is 5.97 Å². The Hall–Kier alpha value is -7.07. The van der Waals surface area contributed by atoms with E-state index in [9.17, 15) is 4.79 Å². The maximum atomic E-state index is 12.2. The Bertz CT molecular complexity index is 3560. The van der Waals surface area contributed by atoms with E-state index in [1.807, 2.05) is 12.1 Å². The summed E-state index contributed by atoms with van der Waals surface area (Å²) in [5.41, 5.74) is 8.50. The standard InChI is InChI=1S/C52H50N8O2/c1-50(2,3)30-16-20-34-38(24-30)47-56-42(34)54-45-37-23-29(27-11-13-28(14-12-27)49(61)62-10)15-19-33(37)41(53-45)55-46-39-25-31(51(4,5)6)17-21-35(39)43(57-46)59-48-40-26-32(52(7,8)9)18-22-36(40)44(58-47)60-48/h11-26H,1-10H3,(H4,53,54,55,56,57,58,59,60). The zero-order valence-electron chi connectivity index (χ0n) is 36.8. The Balaban J connectivity index is 1.33. The summed E-state index contributed by atoms with van der Waals surface area (Å²) in [6.45, 7) is 20.0. The molecular weight excluding hydrogens is 769 g/mol. The quantitative estimate of drug-likeness (QED) is 0.129. The molecule has 10 rings (SSSR count). The van der Waals surface area contributed by atoms with Crippen molar-refractivity contribution in [3.8, 4) is 11.1 Å². The number of rotatable bonds is 2. The van der Waals surface area contributed by atoms with Gasteiger partial charge in [0.05, 0.1) is 12.7 Å². The van der Waals surface area contributed by atoms with Crippen LogP contribution in [0.2, 0.25) is 0 Å². The molecule has 0 spiro atoms. The molecule has 10 nitrogen and oxygen atoms in total. The van der Waals surface area contributed by atoms with Gasteiger partial charge in [0.2, 0.25) is 0 Å². The largest absolute Gasteiger partial charge is 0.465 e. The predicted octanol–water partition coefficient (Wildman–Crippen LogP) is 11.1. The van der Waals surface area contributed by atoms with Gasteiger partial charge in [-0.05, 0) is 86.5 Å². The van der Waals surface area contributed by atoms with Gasteiger partial charge in [-0.1, -0.05) is 117 Å². The van der Waals surface area contributed by atoms with E-state index in [4.69, 9.17) is 24.7 Å². The van der Waals surface area contributed by atoms with Crippen molar-refractivity contribution in [2.24, 2.45) is 20.0 Å². The number of nitrogens with one attached hydrogen (secondary N) is 4. The van der Waals surface area contributed by atoms with Gasteiger partial charge in [0.15, 0.2) is 0 Å². The van der Waals surface area contributed by atoms with Gasteiger partial charge in [-0.2, -0.15) is 0 Å². The van der Waals surface area contributed by atoms with Crippen LogP contribution in [0.25, 0.3) is 54.2 Å². The average Bonchev–Trinajstić information content (AvgIpc) is 3.97. The van der Waals surface area contributed by atoms with Crippen molar-refractivity contribution in [1.29, 1.82) is 0 Å². The number of methoxy groups -OCH3 is 1. The number of benzene rings is 5. The summed E-state index contributed by atoms with van der Waals surface area (Å²) < 4.78 is 4.95. The van der Waals surface area contributed by atoms with Crippen LogP contribution >= 0.6 is 0 Å². The molecule has 10 heteroatoms. The zero-order chi connectivity index (χ0) is 43.5. The molecule has 0 unspecified atom stereocenters.